The Morgan fingerprint density at radius 3 is 1.80 bits per heavy atom. The molecule has 256 valence electrons. The Hall–Kier alpha value is -2.19. The van der Waals surface area contributed by atoms with E-state index in [0.717, 1.165) is 44.9 Å². The van der Waals surface area contributed by atoms with Gasteiger partial charge in [0, 0.05) is 19.3 Å². The van der Waals surface area contributed by atoms with Crippen LogP contribution in [0.25, 0.3) is 0 Å². The summed E-state index contributed by atoms with van der Waals surface area (Å²) in [5.41, 5.74) is 0. The summed E-state index contributed by atoms with van der Waals surface area (Å²) in [6, 6.07) is -0.609. The van der Waals surface area contributed by atoms with Crippen LogP contribution in [-0.4, -0.2) is 80.6 Å². The van der Waals surface area contributed by atoms with E-state index >= 15 is 0 Å². The van der Waals surface area contributed by atoms with E-state index in [9.17, 15) is 19.5 Å². The van der Waals surface area contributed by atoms with Crippen molar-refractivity contribution in [1.29, 1.82) is 0 Å². The van der Waals surface area contributed by atoms with E-state index < -0.39 is 18.1 Å². The van der Waals surface area contributed by atoms with E-state index in [4.69, 9.17) is 14.2 Å². The molecule has 0 amide bonds. The van der Waals surface area contributed by atoms with Crippen molar-refractivity contribution in [2.75, 3.05) is 41.0 Å². The summed E-state index contributed by atoms with van der Waals surface area (Å²) in [5, 5.41) is 9.50. The number of unbranched alkanes of at least 4 members (excludes halogenated alkanes) is 12. The minimum absolute atomic E-state index is 0.0568. The maximum absolute atomic E-state index is 12.5. The van der Waals surface area contributed by atoms with Gasteiger partial charge in [-0.1, -0.05) is 95.9 Å². The zero-order chi connectivity index (χ0) is 32.9. The highest BCUT2D eigenvalue weighted by Crippen LogP contribution is 2.12. The van der Waals surface area contributed by atoms with Gasteiger partial charge in [0.1, 0.15) is 6.61 Å². The Kier molecular flexibility index (Phi) is 26.9. The predicted molar refractivity (Wildman–Crippen MR) is 178 cm³/mol. The average molecular weight is 625 g/mol. The molecule has 0 saturated heterocycles. The number of ether oxygens (including phenoxy) is 3. The molecule has 0 fully saturated rings. The lowest BCUT2D eigenvalue weighted by Gasteiger charge is -2.31. The summed E-state index contributed by atoms with van der Waals surface area (Å²) in [7, 11) is 5.48. The maximum Gasteiger partial charge on any atom is 0.362 e. The molecule has 0 rings (SSSR count). The van der Waals surface area contributed by atoms with Crippen molar-refractivity contribution in [2.24, 2.45) is 0 Å². The summed E-state index contributed by atoms with van der Waals surface area (Å²) in [4.78, 5) is 36.1. The van der Waals surface area contributed by atoms with Crippen molar-refractivity contribution < 1.29 is 38.2 Å². The number of aliphatic carboxylic acids is 1. The number of allylic oxidation sites excluding steroid dienone is 4. The Bertz CT molecular complexity index is 788. The molecule has 44 heavy (non-hydrogen) atoms. The SMILES string of the molecule is CCCCCC/C=C\C/C=C\CCCCCCCCCC(=O)OC(COCCC(C(=O)O)[N+](C)(C)C)COC(=O)CCCC. The van der Waals surface area contributed by atoms with Gasteiger partial charge >= 0.3 is 17.9 Å². The highest BCUT2D eigenvalue weighted by molar-refractivity contribution is 5.72. The van der Waals surface area contributed by atoms with Gasteiger partial charge in [0.25, 0.3) is 0 Å². The normalized spacial score (nSPS) is 13.4. The largest absolute Gasteiger partial charge is 0.477 e. The monoisotopic (exact) mass is 624 g/mol. The van der Waals surface area contributed by atoms with Gasteiger partial charge in [0.05, 0.1) is 34.4 Å². The van der Waals surface area contributed by atoms with Crippen molar-refractivity contribution in [2.45, 2.75) is 148 Å². The third-order valence-corrected chi connectivity index (χ3v) is 7.60. The second-order valence-electron chi connectivity index (χ2n) is 12.8. The number of hydrogen-bond acceptors (Lipinski definition) is 6. The topological polar surface area (TPSA) is 99.1 Å². The first kappa shape index (κ1) is 41.8. The number of carboxylic acid groups (broad SMARTS) is 1. The predicted octanol–water partition coefficient (Wildman–Crippen LogP) is 8.18. The number of nitrogens with zero attached hydrogens (tertiary/aromatic N) is 1. The number of hydrogen-bond donors (Lipinski definition) is 1. The Balaban J connectivity index is 4.16. The highest BCUT2D eigenvalue weighted by atomic mass is 16.6. The van der Waals surface area contributed by atoms with Crippen LogP contribution < -0.4 is 0 Å². The minimum atomic E-state index is -0.881. The van der Waals surface area contributed by atoms with Crippen LogP contribution in [0.5, 0.6) is 0 Å². The van der Waals surface area contributed by atoms with E-state index in [1.54, 1.807) is 0 Å². The molecule has 2 atom stereocenters. The third kappa shape index (κ3) is 26.2. The van der Waals surface area contributed by atoms with E-state index in [1.807, 2.05) is 28.1 Å². The average Bonchev–Trinajstić information content (AvgIpc) is 2.96. The van der Waals surface area contributed by atoms with Crippen LogP contribution in [0.4, 0.5) is 0 Å². The first-order valence-corrected chi connectivity index (χ1v) is 17.4. The number of esters is 2. The summed E-state index contributed by atoms with van der Waals surface area (Å²) in [6.45, 7) is 4.45. The van der Waals surface area contributed by atoms with Crippen LogP contribution in [0.1, 0.15) is 136 Å². The van der Waals surface area contributed by atoms with Gasteiger partial charge in [0.2, 0.25) is 0 Å². The zero-order valence-electron chi connectivity index (χ0n) is 28.9. The molecule has 8 nitrogen and oxygen atoms in total. The molecule has 0 aliphatic rings. The van der Waals surface area contributed by atoms with Gasteiger partial charge in [0.15, 0.2) is 12.1 Å². The van der Waals surface area contributed by atoms with Crippen LogP contribution in [0.2, 0.25) is 0 Å². The number of carboxylic acids is 1. The molecule has 8 heteroatoms. The molecule has 0 aliphatic heterocycles. The van der Waals surface area contributed by atoms with Gasteiger partial charge in [-0.2, -0.15) is 0 Å². The van der Waals surface area contributed by atoms with Crippen molar-refractivity contribution >= 4 is 17.9 Å². The Morgan fingerprint density at radius 1 is 0.682 bits per heavy atom. The lowest BCUT2D eigenvalue weighted by atomic mass is 10.1. The van der Waals surface area contributed by atoms with E-state index in [1.165, 1.54) is 57.8 Å². The standard InChI is InChI=1S/C36H65NO7/c1-6-8-10-11-12-13-14-15-16-17-18-19-20-21-22-23-24-25-27-35(39)44-32(31-43-34(38)26-9-7-2)30-42-29-28-33(36(40)41)37(3,4)5/h13-14,16-17,32-33H,6-12,15,18-31H2,1-5H3/p+1/b14-13-,17-16-. The highest BCUT2D eigenvalue weighted by Gasteiger charge is 2.31. The van der Waals surface area contributed by atoms with Gasteiger partial charge in [-0.25, -0.2) is 4.79 Å². The summed E-state index contributed by atoms with van der Waals surface area (Å²) >= 11 is 0. The molecular weight excluding hydrogens is 558 g/mol. The van der Waals surface area contributed by atoms with Crippen LogP contribution in [0.15, 0.2) is 24.3 Å². The fraction of sp³-hybridized carbons (Fsp3) is 0.806. The Labute approximate surface area is 269 Å². The molecule has 0 aromatic heterocycles. The second kappa shape index (κ2) is 28.3. The number of likely N-dealkylation sites (N-methyl/N-ethyl adjacent to an activating group) is 1. The molecule has 0 radical (unpaired) electrons. The van der Waals surface area contributed by atoms with Gasteiger partial charge in [-0.05, 0) is 44.9 Å². The first-order chi connectivity index (χ1) is 21.1. The fourth-order valence-electron chi connectivity index (χ4n) is 4.80. The van der Waals surface area contributed by atoms with E-state index in [-0.39, 0.29) is 36.2 Å². The lowest BCUT2D eigenvalue weighted by molar-refractivity contribution is -0.887. The molecule has 0 aromatic carbocycles. The summed E-state index contributed by atoms with van der Waals surface area (Å²) in [5.74, 6) is -1.52. The van der Waals surface area contributed by atoms with Gasteiger partial charge in [-0.15, -0.1) is 0 Å². The minimum Gasteiger partial charge on any atom is -0.477 e. The molecule has 0 bridgehead atoms. The van der Waals surface area contributed by atoms with Crippen LogP contribution >= 0.6 is 0 Å². The molecule has 0 heterocycles. The third-order valence-electron chi connectivity index (χ3n) is 7.60. The lowest BCUT2D eigenvalue weighted by Crippen LogP contribution is -2.50. The first-order valence-electron chi connectivity index (χ1n) is 17.4. The summed E-state index contributed by atoms with van der Waals surface area (Å²) in [6.07, 6.45) is 27.5. The smallest absolute Gasteiger partial charge is 0.362 e. The number of quaternary nitrogens is 1. The molecule has 2 unspecified atom stereocenters. The maximum atomic E-state index is 12.5. The van der Waals surface area contributed by atoms with Crippen LogP contribution in [0.3, 0.4) is 0 Å². The van der Waals surface area contributed by atoms with Gasteiger partial charge < -0.3 is 23.8 Å². The molecule has 0 aliphatic carbocycles. The van der Waals surface area contributed by atoms with Crippen molar-refractivity contribution in [1.82, 2.24) is 0 Å². The quantitative estimate of drug-likeness (QED) is 0.0372. The van der Waals surface area contributed by atoms with E-state index in [0.29, 0.717) is 19.3 Å². The zero-order valence-corrected chi connectivity index (χ0v) is 28.9. The number of carbonyl (C=O) groups excluding carboxylic acids is 2. The van der Waals surface area contributed by atoms with Crippen LogP contribution in [-0.2, 0) is 28.6 Å². The number of rotatable bonds is 30. The molecule has 1 N–H and O–H groups in total. The molecule has 0 spiro atoms. The van der Waals surface area contributed by atoms with E-state index in [2.05, 4.69) is 31.2 Å². The van der Waals surface area contributed by atoms with Crippen LogP contribution in [0, 0.1) is 0 Å². The second-order valence-corrected chi connectivity index (χ2v) is 12.8. The number of carbonyl (C=O) groups is 3. The van der Waals surface area contributed by atoms with Crippen molar-refractivity contribution in [3.8, 4) is 0 Å². The molecule has 0 aromatic rings. The molecular formula is C36H66NO7+. The Morgan fingerprint density at radius 2 is 1.23 bits per heavy atom. The van der Waals surface area contributed by atoms with Gasteiger partial charge in [-0.3, -0.25) is 9.59 Å². The van der Waals surface area contributed by atoms with Crippen molar-refractivity contribution in [3.05, 3.63) is 24.3 Å². The summed E-state index contributed by atoms with van der Waals surface area (Å²) < 4.78 is 16.9. The fourth-order valence-corrected chi connectivity index (χ4v) is 4.80. The molecule has 0 saturated carbocycles. The van der Waals surface area contributed by atoms with Crippen molar-refractivity contribution in [3.63, 3.8) is 0 Å².